The third-order valence-corrected chi connectivity index (χ3v) is 2.83. The van der Waals surface area contributed by atoms with Crippen LogP contribution in [0.1, 0.15) is 18.4 Å². The third kappa shape index (κ3) is 2.28. The topological polar surface area (TPSA) is 47.3 Å². The number of hydrogen-bond acceptors (Lipinski definition) is 3. The molecule has 15 heavy (non-hydrogen) atoms. The van der Waals surface area contributed by atoms with Gasteiger partial charge in [-0.25, -0.2) is 0 Å². The molecule has 0 amide bonds. The molecule has 1 aromatic rings. The average Bonchev–Trinajstić information content (AvgIpc) is 2.30. The van der Waals surface area contributed by atoms with Crippen LogP contribution < -0.4 is 4.90 Å². The maximum atomic E-state index is 9.39. The molecule has 0 aliphatic carbocycles. The summed E-state index contributed by atoms with van der Waals surface area (Å²) in [6.45, 7) is 1.79. The van der Waals surface area contributed by atoms with Crippen LogP contribution in [0.5, 0.6) is 0 Å². The van der Waals surface area contributed by atoms with Gasteiger partial charge in [-0.3, -0.25) is 0 Å². The van der Waals surface area contributed by atoms with Crippen LogP contribution in [0.15, 0.2) is 24.3 Å². The summed E-state index contributed by atoms with van der Waals surface area (Å²) < 4.78 is 0. The lowest BCUT2D eigenvalue weighted by Gasteiger charge is -2.31. The fourth-order valence-electron chi connectivity index (χ4n) is 1.87. The van der Waals surface area contributed by atoms with Gasteiger partial charge >= 0.3 is 0 Å². The molecule has 1 aliphatic rings. The predicted octanol–water partition coefficient (Wildman–Crippen LogP) is 1.52. The Morgan fingerprint density at radius 2 is 1.80 bits per heavy atom. The van der Waals surface area contributed by atoms with Crippen molar-refractivity contribution >= 4 is 5.69 Å². The monoisotopic (exact) mass is 202 g/mol. The van der Waals surface area contributed by atoms with E-state index in [-0.39, 0.29) is 6.10 Å². The van der Waals surface area contributed by atoms with Crippen LogP contribution in [0, 0.1) is 11.3 Å². The van der Waals surface area contributed by atoms with Gasteiger partial charge in [-0.05, 0) is 37.1 Å². The van der Waals surface area contributed by atoms with Gasteiger partial charge in [0, 0.05) is 18.8 Å². The van der Waals surface area contributed by atoms with Gasteiger partial charge in [0.05, 0.1) is 17.7 Å². The molecule has 1 N–H and O–H groups in total. The van der Waals surface area contributed by atoms with Gasteiger partial charge in [-0.2, -0.15) is 5.26 Å². The molecule has 0 atom stereocenters. The lowest BCUT2D eigenvalue weighted by Crippen LogP contribution is -2.35. The average molecular weight is 202 g/mol. The van der Waals surface area contributed by atoms with Gasteiger partial charge in [-0.15, -0.1) is 0 Å². The highest BCUT2D eigenvalue weighted by Crippen LogP contribution is 2.20. The molecule has 1 fully saturated rings. The number of aliphatic hydroxyl groups excluding tert-OH is 1. The van der Waals surface area contributed by atoms with Crippen molar-refractivity contribution in [1.29, 1.82) is 5.26 Å². The number of hydrogen-bond donors (Lipinski definition) is 1. The summed E-state index contributed by atoms with van der Waals surface area (Å²) in [6.07, 6.45) is 1.53. The van der Waals surface area contributed by atoms with Crippen molar-refractivity contribution in [3.63, 3.8) is 0 Å². The first-order chi connectivity index (χ1) is 7.29. The Kier molecular flexibility index (Phi) is 2.89. The van der Waals surface area contributed by atoms with Gasteiger partial charge < -0.3 is 10.0 Å². The van der Waals surface area contributed by atoms with E-state index in [1.54, 1.807) is 0 Å². The maximum Gasteiger partial charge on any atom is 0.0991 e. The van der Waals surface area contributed by atoms with Crippen LogP contribution in [-0.4, -0.2) is 24.3 Å². The van der Waals surface area contributed by atoms with Crippen molar-refractivity contribution in [3.8, 4) is 6.07 Å². The molecule has 78 valence electrons. The van der Waals surface area contributed by atoms with Crippen LogP contribution in [0.2, 0.25) is 0 Å². The van der Waals surface area contributed by atoms with Crippen LogP contribution in [0.3, 0.4) is 0 Å². The van der Waals surface area contributed by atoms with Crippen molar-refractivity contribution in [2.75, 3.05) is 18.0 Å². The number of nitrogens with zero attached hydrogens (tertiary/aromatic N) is 2. The smallest absolute Gasteiger partial charge is 0.0991 e. The first kappa shape index (κ1) is 10.0. The quantitative estimate of drug-likeness (QED) is 0.751. The molecule has 0 aromatic heterocycles. The highest BCUT2D eigenvalue weighted by Gasteiger charge is 2.16. The molecule has 0 bridgehead atoms. The zero-order valence-electron chi connectivity index (χ0n) is 8.56. The van der Waals surface area contributed by atoms with E-state index in [4.69, 9.17) is 5.26 Å². The molecule has 0 radical (unpaired) electrons. The van der Waals surface area contributed by atoms with Crippen molar-refractivity contribution in [2.45, 2.75) is 18.9 Å². The minimum Gasteiger partial charge on any atom is -0.393 e. The van der Waals surface area contributed by atoms with E-state index in [1.165, 1.54) is 0 Å². The van der Waals surface area contributed by atoms with E-state index in [0.29, 0.717) is 5.56 Å². The number of nitriles is 1. The van der Waals surface area contributed by atoms with Crippen LogP contribution in [0.4, 0.5) is 5.69 Å². The van der Waals surface area contributed by atoms with Crippen molar-refractivity contribution in [1.82, 2.24) is 0 Å². The second kappa shape index (κ2) is 4.33. The molecular weight excluding hydrogens is 188 g/mol. The summed E-state index contributed by atoms with van der Waals surface area (Å²) in [5, 5.41) is 18.1. The summed E-state index contributed by atoms with van der Waals surface area (Å²) in [7, 11) is 0. The molecule has 1 aromatic carbocycles. The Hall–Kier alpha value is -1.53. The zero-order valence-corrected chi connectivity index (χ0v) is 8.56. The van der Waals surface area contributed by atoms with Crippen LogP contribution in [0.25, 0.3) is 0 Å². The van der Waals surface area contributed by atoms with E-state index in [0.717, 1.165) is 31.6 Å². The summed E-state index contributed by atoms with van der Waals surface area (Å²) in [4.78, 5) is 2.24. The van der Waals surface area contributed by atoms with E-state index in [2.05, 4.69) is 11.0 Å². The lowest BCUT2D eigenvalue weighted by atomic mass is 10.1. The van der Waals surface area contributed by atoms with E-state index in [9.17, 15) is 5.11 Å². The molecule has 1 aliphatic heterocycles. The Labute approximate surface area is 89.6 Å². The number of benzene rings is 1. The molecule has 2 rings (SSSR count). The largest absolute Gasteiger partial charge is 0.393 e. The molecule has 1 saturated heterocycles. The van der Waals surface area contributed by atoms with Crippen molar-refractivity contribution in [3.05, 3.63) is 29.8 Å². The summed E-state index contributed by atoms with van der Waals surface area (Å²) in [6, 6.07) is 9.71. The van der Waals surface area contributed by atoms with E-state index in [1.807, 2.05) is 24.3 Å². The van der Waals surface area contributed by atoms with Crippen LogP contribution >= 0.6 is 0 Å². The minimum atomic E-state index is -0.139. The van der Waals surface area contributed by atoms with Gasteiger partial charge in [0.1, 0.15) is 0 Å². The fourth-order valence-corrected chi connectivity index (χ4v) is 1.87. The first-order valence-corrected chi connectivity index (χ1v) is 5.23. The van der Waals surface area contributed by atoms with Crippen LogP contribution in [-0.2, 0) is 0 Å². The van der Waals surface area contributed by atoms with E-state index >= 15 is 0 Å². The van der Waals surface area contributed by atoms with Crippen molar-refractivity contribution in [2.24, 2.45) is 0 Å². The molecule has 3 nitrogen and oxygen atoms in total. The maximum absolute atomic E-state index is 9.39. The first-order valence-electron chi connectivity index (χ1n) is 5.23. The number of rotatable bonds is 1. The molecule has 0 saturated carbocycles. The fraction of sp³-hybridized carbons (Fsp3) is 0.417. The lowest BCUT2D eigenvalue weighted by molar-refractivity contribution is 0.145. The van der Waals surface area contributed by atoms with Gasteiger partial charge in [0.25, 0.3) is 0 Å². The Morgan fingerprint density at radius 1 is 1.20 bits per heavy atom. The Bertz CT molecular complexity index is 358. The molecule has 1 heterocycles. The number of piperidine rings is 1. The molecular formula is C12H14N2O. The standard InChI is InChI=1S/C12H14N2O/c13-9-10-1-3-11(4-2-10)14-7-5-12(15)6-8-14/h1-4,12,15H,5-8H2. The van der Waals surface area contributed by atoms with Gasteiger partial charge in [0.2, 0.25) is 0 Å². The Balaban J connectivity index is 2.07. The number of aliphatic hydroxyl groups is 1. The van der Waals surface area contributed by atoms with Gasteiger partial charge in [0.15, 0.2) is 0 Å². The Morgan fingerprint density at radius 3 is 2.33 bits per heavy atom. The van der Waals surface area contributed by atoms with E-state index < -0.39 is 0 Å². The third-order valence-electron chi connectivity index (χ3n) is 2.83. The predicted molar refractivity (Wildman–Crippen MR) is 58.6 cm³/mol. The summed E-state index contributed by atoms with van der Waals surface area (Å²) in [5.41, 5.74) is 1.83. The molecule has 0 unspecified atom stereocenters. The van der Waals surface area contributed by atoms with Crippen molar-refractivity contribution < 1.29 is 5.11 Å². The normalized spacial score (nSPS) is 17.5. The minimum absolute atomic E-state index is 0.139. The summed E-state index contributed by atoms with van der Waals surface area (Å²) >= 11 is 0. The molecule has 0 spiro atoms. The highest BCUT2D eigenvalue weighted by atomic mass is 16.3. The zero-order chi connectivity index (χ0) is 10.7. The second-order valence-corrected chi connectivity index (χ2v) is 3.88. The SMILES string of the molecule is N#Cc1ccc(N2CCC(O)CC2)cc1. The molecule has 3 heteroatoms. The number of anilines is 1. The van der Waals surface area contributed by atoms with Gasteiger partial charge in [-0.1, -0.05) is 0 Å². The highest BCUT2D eigenvalue weighted by molar-refractivity contribution is 5.49. The summed E-state index contributed by atoms with van der Waals surface area (Å²) in [5.74, 6) is 0. The second-order valence-electron chi connectivity index (χ2n) is 3.88.